The summed E-state index contributed by atoms with van der Waals surface area (Å²) in [5.74, 6) is -0.270. The topological polar surface area (TPSA) is 88.2 Å². The van der Waals surface area contributed by atoms with Crippen LogP contribution in [0.2, 0.25) is 0 Å². The van der Waals surface area contributed by atoms with E-state index in [2.05, 4.69) is 15.0 Å². The third-order valence-corrected chi connectivity index (χ3v) is 4.89. The highest BCUT2D eigenvalue weighted by Gasteiger charge is 2.08. The Morgan fingerprint density at radius 1 is 1.00 bits per heavy atom. The number of hydrogen-bond donors (Lipinski definition) is 2. The largest absolute Gasteiger partial charge is 0.322 e. The van der Waals surface area contributed by atoms with Crippen molar-refractivity contribution in [3.8, 4) is 11.3 Å². The SMILES string of the molecule is Cc1nc(-c2ccc(NC(=O)c3ccc(NS(C)(=O)=O)cc3)cc2)cs1. The molecule has 6 nitrogen and oxygen atoms in total. The molecule has 0 fully saturated rings. The maximum Gasteiger partial charge on any atom is 0.255 e. The van der Waals surface area contributed by atoms with Gasteiger partial charge in [0.15, 0.2) is 0 Å². The first-order chi connectivity index (χ1) is 12.3. The Bertz CT molecular complexity index is 1020. The fraction of sp³-hybridized carbons (Fsp3) is 0.111. The fourth-order valence-electron chi connectivity index (χ4n) is 2.33. The molecule has 0 bridgehead atoms. The molecular formula is C18H17N3O3S2. The van der Waals surface area contributed by atoms with Crippen LogP contribution in [0, 0.1) is 6.92 Å². The van der Waals surface area contributed by atoms with Crippen LogP contribution in [0.4, 0.5) is 11.4 Å². The predicted octanol–water partition coefficient (Wildman–Crippen LogP) is 3.74. The van der Waals surface area contributed by atoms with E-state index in [1.807, 2.05) is 36.6 Å². The number of amides is 1. The second kappa shape index (κ2) is 7.27. The van der Waals surface area contributed by atoms with Gasteiger partial charge in [0.25, 0.3) is 5.91 Å². The Morgan fingerprint density at radius 2 is 1.62 bits per heavy atom. The van der Waals surface area contributed by atoms with E-state index < -0.39 is 10.0 Å². The van der Waals surface area contributed by atoms with Crippen molar-refractivity contribution in [3.63, 3.8) is 0 Å². The number of aromatic nitrogens is 1. The van der Waals surface area contributed by atoms with Crippen molar-refractivity contribution in [2.75, 3.05) is 16.3 Å². The lowest BCUT2D eigenvalue weighted by Crippen LogP contribution is -2.13. The van der Waals surface area contributed by atoms with Gasteiger partial charge in [0.1, 0.15) is 0 Å². The number of nitrogens with one attached hydrogen (secondary N) is 2. The molecule has 26 heavy (non-hydrogen) atoms. The molecule has 0 saturated heterocycles. The van der Waals surface area contributed by atoms with Crippen molar-refractivity contribution in [2.45, 2.75) is 6.92 Å². The minimum absolute atomic E-state index is 0.270. The van der Waals surface area contributed by atoms with Crippen molar-refractivity contribution in [1.29, 1.82) is 0 Å². The zero-order valence-electron chi connectivity index (χ0n) is 14.2. The van der Waals surface area contributed by atoms with E-state index in [0.717, 1.165) is 22.5 Å². The smallest absolute Gasteiger partial charge is 0.255 e. The first kappa shape index (κ1) is 18.1. The summed E-state index contributed by atoms with van der Waals surface area (Å²) in [4.78, 5) is 16.7. The van der Waals surface area contributed by atoms with Gasteiger partial charge in [0, 0.05) is 27.9 Å². The van der Waals surface area contributed by atoms with E-state index in [1.54, 1.807) is 35.6 Å². The lowest BCUT2D eigenvalue weighted by atomic mass is 10.1. The molecular weight excluding hydrogens is 370 g/mol. The summed E-state index contributed by atoms with van der Waals surface area (Å²) in [6.07, 6.45) is 1.07. The molecule has 0 saturated carbocycles. The molecule has 8 heteroatoms. The molecule has 0 unspecified atom stereocenters. The number of thiazole rings is 1. The van der Waals surface area contributed by atoms with Crippen molar-refractivity contribution in [1.82, 2.24) is 4.98 Å². The lowest BCUT2D eigenvalue weighted by molar-refractivity contribution is 0.102. The summed E-state index contributed by atoms with van der Waals surface area (Å²) in [6, 6.07) is 13.7. The van der Waals surface area contributed by atoms with Gasteiger partial charge in [-0.1, -0.05) is 12.1 Å². The summed E-state index contributed by atoms with van der Waals surface area (Å²) in [5, 5.41) is 5.82. The molecule has 2 N–H and O–H groups in total. The van der Waals surface area contributed by atoms with E-state index in [4.69, 9.17) is 0 Å². The van der Waals surface area contributed by atoms with Crippen LogP contribution in [0.1, 0.15) is 15.4 Å². The van der Waals surface area contributed by atoms with Crippen molar-refractivity contribution in [2.24, 2.45) is 0 Å². The summed E-state index contributed by atoms with van der Waals surface area (Å²) in [7, 11) is -3.34. The normalized spacial score (nSPS) is 11.2. The van der Waals surface area contributed by atoms with Gasteiger partial charge in [0.2, 0.25) is 10.0 Å². The number of aryl methyl sites for hydroxylation is 1. The number of rotatable bonds is 5. The maximum atomic E-state index is 12.3. The van der Waals surface area contributed by atoms with Crippen LogP contribution in [0.3, 0.4) is 0 Å². The third kappa shape index (κ3) is 4.68. The minimum Gasteiger partial charge on any atom is -0.322 e. The Hall–Kier alpha value is -2.71. The molecule has 0 aliphatic rings. The maximum absolute atomic E-state index is 12.3. The number of hydrogen-bond acceptors (Lipinski definition) is 5. The molecule has 0 radical (unpaired) electrons. The number of anilines is 2. The molecule has 0 aliphatic heterocycles. The highest BCUT2D eigenvalue weighted by Crippen LogP contribution is 2.23. The lowest BCUT2D eigenvalue weighted by Gasteiger charge is -2.08. The van der Waals surface area contributed by atoms with E-state index in [-0.39, 0.29) is 5.91 Å². The number of carbonyl (C=O) groups excluding carboxylic acids is 1. The average molecular weight is 387 g/mol. The van der Waals surface area contributed by atoms with E-state index in [0.29, 0.717) is 16.9 Å². The van der Waals surface area contributed by atoms with Crippen LogP contribution in [0.5, 0.6) is 0 Å². The van der Waals surface area contributed by atoms with Gasteiger partial charge < -0.3 is 5.32 Å². The summed E-state index contributed by atoms with van der Waals surface area (Å²) < 4.78 is 24.8. The average Bonchev–Trinajstić information content (AvgIpc) is 3.01. The molecule has 2 aromatic carbocycles. The van der Waals surface area contributed by atoms with Gasteiger partial charge in [-0.05, 0) is 43.3 Å². The molecule has 1 amide bonds. The molecule has 0 atom stereocenters. The zero-order chi connectivity index (χ0) is 18.7. The number of benzene rings is 2. The number of nitrogens with zero attached hydrogens (tertiary/aromatic N) is 1. The molecule has 3 aromatic rings. The Morgan fingerprint density at radius 3 is 2.15 bits per heavy atom. The van der Waals surface area contributed by atoms with Crippen molar-refractivity contribution in [3.05, 3.63) is 64.5 Å². The Labute approximate surface area is 156 Å². The standard InChI is InChI=1S/C18H17N3O3S2/c1-12-19-17(11-25-12)13-3-7-15(8-4-13)20-18(22)14-5-9-16(10-6-14)21-26(2,23)24/h3-11,21H,1-2H3,(H,20,22). The second-order valence-corrected chi connectivity index (χ2v) is 8.55. The molecule has 0 aliphatic carbocycles. The van der Waals surface area contributed by atoms with Crippen LogP contribution < -0.4 is 10.0 Å². The van der Waals surface area contributed by atoms with Crippen LogP contribution >= 0.6 is 11.3 Å². The number of carbonyl (C=O) groups is 1. The van der Waals surface area contributed by atoms with Crippen molar-refractivity contribution >= 4 is 38.6 Å². The van der Waals surface area contributed by atoms with Gasteiger partial charge in [-0.2, -0.15) is 0 Å². The van der Waals surface area contributed by atoms with Crippen LogP contribution in [-0.2, 0) is 10.0 Å². The van der Waals surface area contributed by atoms with Crippen molar-refractivity contribution < 1.29 is 13.2 Å². The van der Waals surface area contributed by atoms with Crippen LogP contribution in [0.15, 0.2) is 53.9 Å². The van der Waals surface area contributed by atoms with Gasteiger partial charge >= 0.3 is 0 Å². The first-order valence-electron chi connectivity index (χ1n) is 7.72. The molecule has 1 heterocycles. The zero-order valence-corrected chi connectivity index (χ0v) is 15.8. The third-order valence-electron chi connectivity index (χ3n) is 3.51. The first-order valence-corrected chi connectivity index (χ1v) is 10.5. The Balaban J connectivity index is 1.67. The fourth-order valence-corrected chi connectivity index (χ4v) is 3.51. The molecule has 134 valence electrons. The van der Waals surface area contributed by atoms with Gasteiger partial charge in [-0.15, -0.1) is 11.3 Å². The van der Waals surface area contributed by atoms with Gasteiger partial charge in [-0.3, -0.25) is 9.52 Å². The summed E-state index contributed by atoms with van der Waals surface area (Å²) >= 11 is 1.59. The van der Waals surface area contributed by atoms with E-state index in [9.17, 15) is 13.2 Å². The van der Waals surface area contributed by atoms with Gasteiger partial charge in [0.05, 0.1) is 17.0 Å². The molecule has 1 aromatic heterocycles. The van der Waals surface area contributed by atoms with E-state index >= 15 is 0 Å². The summed E-state index contributed by atoms with van der Waals surface area (Å²) in [6.45, 7) is 1.96. The van der Waals surface area contributed by atoms with Crippen LogP contribution in [-0.4, -0.2) is 25.6 Å². The van der Waals surface area contributed by atoms with E-state index in [1.165, 1.54) is 0 Å². The highest BCUT2D eigenvalue weighted by molar-refractivity contribution is 7.92. The summed E-state index contributed by atoms with van der Waals surface area (Å²) in [5.41, 5.74) is 3.42. The highest BCUT2D eigenvalue weighted by atomic mass is 32.2. The number of sulfonamides is 1. The minimum atomic E-state index is -3.34. The second-order valence-electron chi connectivity index (χ2n) is 5.73. The Kier molecular flexibility index (Phi) is 5.06. The molecule has 3 rings (SSSR count). The molecule has 0 spiro atoms. The van der Waals surface area contributed by atoms with Crippen LogP contribution in [0.25, 0.3) is 11.3 Å². The monoisotopic (exact) mass is 387 g/mol. The van der Waals surface area contributed by atoms with Gasteiger partial charge in [-0.25, -0.2) is 13.4 Å². The quantitative estimate of drug-likeness (QED) is 0.698. The predicted molar refractivity (Wildman–Crippen MR) is 105 cm³/mol.